The van der Waals surface area contributed by atoms with E-state index in [9.17, 15) is 9.18 Å². The van der Waals surface area contributed by atoms with Gasteiger partial charge in [-0.3, -0.25) is 4.79 Å². The molecule has 2 rings (SSSR count). The van der Waals surface area contributed by atoms with Crippen molar-refractivity contribution in [1.29, 1.82) is 0 Å². The normalized spacial score (nSPS) is 10.5. The molecule has 0 radical (unpaired) electrons. The van der Waals surface area contributed by atoms with E-state index >= 15 is 0 Å². The van der Waals surface area contributed by atoms with E-state index in [-0.39, 0.29) is 17.4 Å². The summed E-state index contributed by atoms with van der Waals surface area (Å²) in [7, 11) is 0. The van der Waals surface area contributed by atoms with Crippen molar-refractivity contribution >= 4 is 28.7 Å². The van der Waals surface area contributed by atoms with Gasteiger partial charge in [0.05, 0.1) is 5.02 Å². The summed E-state index contributed by atoms with van der Waals surface area (Å²) in [5.41, 5.74) is 0.677. The quantitative estimate of drug-likeness (QED) is 0.781. The fourth-order valence-corrected chi connectivity index (χ4v) is 2.81. The molecule has 100 valence electrons. The summed E-state index contributed by atoms with van der Waals surface area (Å²) in [6.07, 6.45) is 0. The number of aryl methyl sites for hydroxylation is 2. The molecule has 0 amide bonds. The number of hydrogen-bond donors (Lipinski definition) is 0. The van der Waals surface area contributed by atoms with Crippen LogP contribution in [0.1, 0.15) is 20.1 Å². The number of Topliss-reactive ketones (excluding diaryl/α,β-unsaturated/α-hetero) is 1. The van der Waals surface area contributed by atoms with Crippen LogP contribution in [0.4, 0.5) is 4.39 Å². The number of halogens is 2. The third kappa shape index (κ3) is 3.33. The molecule has 2 nitrogen and oxygen atoms in total. The molecule has 0 unspecified atom stereocenters. The van der Waals surface area contributed by atoms with Gasteiger partial charge in [-0.2, -0.15) is 0 Å². The summed E-state index contributed by atoms with van der Waals surface area (Å²) in [6, 6.07) is 5.86. The van der Waals surface area contributed by atoms with Crippen molar-refractivity contribution < 1.29 is 13.9 Å². The molecule has 2 aromatic rings. The Hall–Kier alpha value is -1.39. The second-order valence-electron chi connectivity index (χ2n) is 4.11. The van der Waals surface area contributed by atoms with Crippen LogP contribution >= 0.6 is 22.9 Å². The van der Waals surface area contributed by atoms with E-state index in [2.05, 4.69) is 0 Å². The standard InChI is InChI=1S/C14H12ClFO2S/c1-8-5-11(9(2)19-8)14(17)7-18-10-3-4-13(16)12(15)6-10/h3-6H,7H2,1-2H3. The van der Waals surface area contributed by atoms with Crippen LogP contribution in [0, 0.1) is 19.7 Å². The second-order valence-corrected chi connectivity index (χ2v) is 5.98. The minimum Gasteiger partial charge on any atom is -0.485 e. The summed E-state index contributed by atoms with van der Waals surface area (Å²) in [6.45, 7) is 3.77. The molecule has 0 spiro atoms. The predicted molar refractivity (Wildman–Crippen MR) is 75.0 cm³/mol. The first kappa shape index (κ1) is 14.0. The van der Waals surface area contributed by atoms with Gasteiger partial charge in [0.25, 0.3) is 0 Å². The molecule has 0 fully saturated rings. The Morgan fingerprint density at radius 3 is 2.68 bits per heavy atom. The van der Waals surface area contributed by atoms with Gasteiger partial charge in [0.2, 0.25) is 5.78 Å². The van der Waals surface area contributed by atoms with Crippen molar-refractivity contribution in [2.45, 2.75) is 13.8 Å². The summed E-state index contributed by atoms with van der Waals surface area (Å²) in [5.74, 6) is -0.226. The molecule has 0 aliphatic heterocycles. The summed E-state index contributed by atoms with van der Waals surface area (Å²) < 4.78 is 18.3. The van der Waals surface area contributed by atoms with Crippen LogP contribution in [-0.2, 0) is 0 Å². The van der Waals surface area contributed by atoms with Gasteiger partial charge in [-0.1, -0.05) is 11.6 Å². The molecule has 1 heterocycles. The Bertz CT molecular complexity index is 622. The van der Waals surface area contributed by atoms with Crippen LogP contribution in [0.15, 0.2) is 24.3 Å². The smallest absolute Gasteiger partial charge is 0.201 e. The van der Waals surface area contributed by atoms with Crippen LogP contribution in [0.3, 0.4) is 0 Å². The van der Waals surface area contributed by atoms with Gasteiger partial charge >= 0.3 is 0 Å². The van der Waals surface area contributed by atoms with E-state index in [1.54, 1.807) is 11.3 Å². The van der Waals surface area contributed by atoms with E-state index in [1.807, 2.05) is 19.9 Å². The monoisotopic (exact) mass is 298 g/mol. The number of carbonyl (C=O) groups excluding carboxylic acids is 1. The first-order valence-corrected chi connectivity index (χ1v) is 6.85. The lowest BCUT2D eigenvalue weighted by Gasteiger charge is -2.06. The van der Waals surface area contributed by atoms with Crippen molar-refractivity contribution in [2.75, 3.05) is 6.61 Å². The summed E-state index contributed by atoms with van der Waals surface area (Å²) in [4.78, 5) is 14.0. The van der Waals surface area contributed by atoms with Crippen LogP contribution in [-0.4, -0.2) is 12.4 Å². The second kappa shape index (κ2) is 5.72. The van der Waals surface area contributed by atoms with Crippen molar-refractivity contribution in [3.8, 4) is 5.75 Å². The van der Waals surface area contributed by atoms with Gasteiger partial charge in [0, 0.05) is 21.4 Å². The molecule has 1 aromatic heterocycles. The molecule has 19 heavy (non-hydrogen) atoms. The molecule has 0 N–H and O–H groups in total. The van der Waals surface area contributed by atoms with Gasteiger partial charge in [0.1, 0.15) is 11.6 Å². The number of thiophene rings is 1. The van der Waals surface area contributed by atoms with E-state index in [4.69, 9.17) is 16.3 Å². The molecule has 0 saturated carbocycles. The topological polar surface area (TPSA) is 26.3 Å². The summed E-state index contributed by atoms with van der Waals surface area (Å²) in [5, 5.41) is -0.0208. The number of rotatable bonds is 4. The van der Waals surface area contributed by atoms with Gasteiger partial charge in [-0.25, -0.2) is 4.39 Å². The zero-order chi connectivity index (χ0) is 14.0. The molecule has 0 bridgehead atoms. The zero-order valence-corrected chi connectivity index (χ0v) is 12.1. The van der Waals surface area contributed by atoms with Crippen molar-refractivity contribution in [2.24, 2.45) is 0 Å². The number of benzene rings is 1. The van der Waals surface area contributed by atoms with Crippen LogP contribution in [0.2, 0.25) is 5.02 Å². The highest BCUT2D eigenvalue weighted by atomic mass is 35.5. The van der Waals surface area contributed by atoms with Gasteiger partial charge < -0.3 is 4.74 Å². The van der Waals surface area contributed by atoms with Crippen molar-refractivity contribution in [3.05, 3.63) is 50.4 Å². The SMILES string of the molecule is Cc1cc(C(=O)COc2ccc(F)c(Cl)c2)c(C)s1. The minimum absolute atomic E-state index is 0.0208. The van der Waals surface area contributed by atoms with Crippen LogP contribution < -0.4 is 4.74 Å². The molecule has 0 aliphatic carbocycles. The average molecular weight is 299 g/mol. The largest absolute Gasteiger partial charge is 0.485 e. The Morgan fingerprint density at radius 1 is 1.37 bits per heavy atom. The lowest BCUT2D eigenvalue weighted by Crippen LogP contribution is -2.11. The van der Waals surface area contributed by atoms with Crippen LogP contribution in [0.25, 0.3) is 0 Å². The average Bonchev–Trinajstić information content (AvgIpc) is 2.70. The number of hydrogen-bond acceptors (Lipinski definition) is 3. The number of carbonyl (C=O) groups is 1. The molecule has 5 heteroatoms. The van der Waals surface area contributed by atoms with E-state index in [0.29, 0.717) is 11.3 Å². The zero-order valence-electron chi connectivity index (χ0n) is 10.5. The first-order valence-electron chi connectivity index (χ1n) is 5.65. The third-order valence-electron chi connectivity index (χ3n) is 2.60. The van der Waals surface area contributed by atoms with Crippen molar-refractivity contribution in [3.63, 3.8) is 0 Å². The maximum absolute atomic E-state index is 13.0. The predicted octanol–water partition coefficient (Wildman–Crippen LogP) is 4.42. The molecule has 0 atom stereocenters. The highest BCUT2D eigenvalue weighted by molar-refractivity contribution is 7.12. The fourth-order valence-electron chi connectivity index (χ4n) is 1.70. The number of ketones is 1. The highest BCUT2D eigenvalue weighted by Crippen LogP contribution is 2.23. The van der Waals surface area contributed by atoms with E-state index in [1.165, 1.54) is 18.2 Å². The fraction of sp³-hybridized carbons (Fsp3) is 0.214. The molecular weight excluding hydrogens is 287 g/mol. The number of ether oxygens (including phenoxy) is 1. The Morgan fingerprint density at radius 2 is 2.11 bits per heavy atom. The molecule has 0 saturated heterocycles. The molecule has 1 aromatic carbocycles. The van der Waals surface area contributed by atoms with E-state index < -0.39 is 5.82 Å². The minimum atomic E-state index is -0.510. The van der Waals surface area contributed by atoms with Gasteiger partial charge in [-0.15, -0.1) is 11.3 Å². The van der Waals surface area contributed by atoms with Crippen molar-refractivity contribution in [1.82, 2.24) is 0 Å². The van der Waals surface area contributed by atoms with Gasteiger partial charge in [0.15, 0.2) is 6.61 Å². The Balaban J connectivity index is 2.04. The lowest BCUT2D eigenvalue weighted by atomic mass is 10.2. The van der Waals surface area contributed by atoms with E-state index in [0.717, 1.165) is 9.75 Å². The Labute approximate surface area is 119 Å². The molecular formula is C14H12ClFO2S. The third-order valence-corrected chi connectivity index (χ3v) is 3.86. The lowest BCUT2D eigenvalue weighted by molar-refractivity contribution is 0.0921. The van der Waals surface area contributed by atoms with Gasteiger partial charge in [-0.05, 0) is 32.0 Å². The first-order chi connectivity index (χ1) is 8.97. The maximum atomic E-state index is 13.0. The van der Waals surface area contributed by atoms with Crippen LogP contribution in [0.5, 0.6) is 5.75 Å². The Kier molecular flexibility index (Phi) is 4.22. The summed E-state index contributed by atoms with van der Waals surface area (Å²) >= 11 is 7.21. The highest BCUT2D eigenvalue weighted by Gasteiger charge is 2.13. The maximum Gasteiger partial charge on any atom is 0.201 e. The molecule has 0 aliphatic rings.